The van der Waals surface area contributed by atoms with Crippen molar-refractivity contribution in [2.24, 2.45) is 5.92 Å². The molecule has 0 aliphatic carbocycles. The Morgan fingerprint density at radius 1 is 1.06 bits per heavy atom. The molecule has 96 valence electrons. The Labute approximate surface area is 102 Å². The topological polar surface area (TPSA) is 52.6 Å². The average Bonchev–Trinajstić information content (AvgIpc) is 2.29. The molecule has 0 aromatic rings. The van der Waals surface area contributed by atoms with Gasteiger partial charge in [0.1, 0.15) is 0 Å². The smallest absolute Gasteiger partial charge is 0.320 e. The molecule has 0 atom stereocenters. The number of carbonyl (C=O) groups excluding carboxylic acids is 2. The maximum atomic E-state index is 11.5. The highest BCUT2D eigenvalue weighted by Crippen LogP contribution is 2.10. The molecule has 0 rings (SSSR count). The van der Waals surface area contributed by atoms with E-state index in [1.807, 2.05) is 19.1 Å². The second kappa shape index (κ2) is 9.63. The van der Waals surface area contributed by atoms with Crippen LogP contribution in [0.4, 0.5) is 0 Å². The van der Waals surface area contributed by atoms with Gasteiger partial charge in [-0.25, -0.2) is 0 Å². The average molecular weight is 240 g/mol. The van der Waals surface area contributed by atoms with Crippen LogP contribution in [0.2, 0.25) is 0 Å². The maximum absolute atomic E-state index is 11.5. The molecule has 0 radical (unpaired) electrons. The monoisotopic (exact) mass is 240 g/mol. The SMILES string of the molecule is C/C=C/C=C/CC(C(=O)OCC)C(=O)OCC. The highest BCUT2D eigenvalue weighted by molar-refractivity contribution is 5.95. The first kappa shape index (κ1) is 15.4. The Bertz CT molecular complexity index is 274. The third-order valence-electron chi connectivity index (χ3n) is 1.95. The van der Waals surface area contributed by atoms with E-state index in [4.69, 9.17) is 9.47 Å². The zero-order valence-electron chi connectivity index (χ0n) is 10.6. The molecule has 0 aliphatic heterocycles. The summed E-state index contributed by atoms with van der Waals surface area (Å²) < 4.78 is 9.67. The summed E-state index contributed by atoms with van der Waals surface area (Å²) in [7, 11) is 0. The summed E-state index contributed by atoms with van der Waals surface area (Å²) >= 11 is 0. The van der Waals surface area contributed by atoms with Gasteiger partial charge in [0.25, 0.3) is 0 Å². The molecule has 4 nitrogen and oxygen atoms in total. The Hall–Kier alpha value is -1.58. The molecule has 0 N–H and O–H groups in total. The van der Waals surface area contributed by atoms with Gasteiger partial charge in [0.05, 0.1) is 13.2 Å². The lowest BCUT2D eigenvalue weighted by molar-refractivity contribution is -0.161. The molecule has 0 fully saturated rings. The third kappa shape index (κ3) is 6.56. The molecule has 4 heteroatoms. The lowest BCUT2D eigenvalue weighted by Crippen LogP contribution is -2.27. The fourth-order valence-electron chi connectivity index (χ4n) is 1.18. The molecule has 17 heavy (non-hydrogen) atoms. The van der Waals surface area contributed by atoms with Crippen LogP contribution < -0.4 is 0 Å². The number of ether oxygens (including phenoxy) is 2. The summed E-state index contributed by atoms with van der Waals surface area (Å²) in [6.45, 7) is 5.81. The zero-order chi connectivity index (χ0) is 13.1. The Morgan fingerprint density at radius 3 is 2.00 bits per heavy atom. The number of carbonyl (C=O) groups is 2. The predicted octanol–water partition coefficient (Wildman–Crippen LogP) is 2.25. The quantitative estimate of drug-likeness (QED) is 0.389. The predicted molar refractivity (Wildman–Crippen MR) is 65.3 cm³/mol. The van der Waals surface area contributed by atoms with Crippen LogP contribution >= 0.6 is 0 Å². The van der Waals surface area contributed by atoms with E-state index in [1.165, 1.54) is 0 Å². The Morgan fingerprint density at radius 2 is 1.59 bits per heavy atom. The lowest BCUT2D eigenvalue weighted by atomic mass is 10.1. The van der Waals surface area contributed by atoms with Gasteiger partial charge >= 0.3 is 11.9 Å². The van der Waals surface area contributed by atoms with Crippen molar-refractivity contribution in [2.45, 2.75) is 27.2 Å². The Kier molecular flexibility index (Phi) is 8.74. The highest BCUT2D eigenvalue weighted by Gasteiger charge is 2.27. The second-order valence-corrected chi connectivity index (χ2v) is 3.25. The molecule has 0 bridgehead atoms. The number of hydrogen-bond acceptors (Lipinski definition) is 4. The van der Waals surface area contributed by atoms with Gasteiger partial charge in [-0.2, -0.15) is 0 Å². The molecule has 0 spiro atoms. The van der Waals surface area contributed by atoms with Crippen molar-refractivity contribution in [1.29, 1.82) is 0 Å². The van der Waals surface area contributed by atoms with Crippen molar-refractivity contribution in [1.82, 2.24) is 0 Å². The van der Waals surface area contributed by atoms with E-state index in [1.54, 1.807) is 26.0 Å². The summed E-state index contributed by atoms with van der Waals surface area (Å²) in [5.41, 5.74) is 0. The minimum atomic E-state index is -0.864. The van der Waals surface area contributed by atoms with Crippen molar-refractivity contribution in [3.63, 3.8) is 0 Å². The van der Waals surface area contributed by atoms with Gasteiger partial charge in [-0.05, 0) is 27.2 Å². The third-order valence-corrected chi connectivity index (χ3v) is 1.95. The summed E-state index contributed by atoms with van der Waals surface area (Å²) in [5, 5.41) is 0. The first-order valence-electron chi connectivity index (χ1n) is 5.78. The summed E-state index contributed by atoms with van der Waals surface area (Å²) in [6, 6.07) is 0. The van der Waals surface area contributed by atoms with E-state index in [-0.39, 0.29) is 13.2 Å². The van der Waals surface area contributed by atoms with Crippen LogP contribution in [0.3, 0.4) is 0 Å². The van der Waals surface area contributed by atoms with Gasteiger partial charge in [-0.3, -0.25) is 9.59 Å². The standard InChI is InChI=1S/C13H20O4/c1-4-7-8-9-10-11(12(14)16-5-2)13(15)17-6-3/h4,7-9,11H,5-6,10H2,1-3H3/b7-4+,9-8+. The minimum Gasteiger partial charge on any atom is -0.465 e. The van der Waals surface area contributed by atoms with E-state index in [2.05, 4.69) is 0 Å². The number of rotatable bonds is 7. The molecule has 0 aromatic heterocycles. The zero-order valence-corrected chi connectivity index (χ0v) is 10.6. The largest absolute Gasteiger partial charge is 0.465 e. The van der Waals surface area contributed by atoms with E-state index in [0.29, 0.717) is 6.42 Å². The molecular formula is C13H20O4. The van der Waals surface area contributed by atoms with Crippen molar-refractivity contribution in [3.05, 3.63) is 24.3 Å². The lowest BCUT2D eigenvalue weighted by Gasteiger charge is -2.12. The molecule has 0 saturated carbocycles. The molecule has 0 saturated heterocycles. The van der Waals surface area contributed by atoms with Gasteiger partial charge < -0.3 is 9.47 Å². The van der Waals surface area contributed by atoms with Crippen LogP contribution in [0.25, 0.3) is 0 Å². The fourth-order valence-corrected chi connectivity index (χ4v) is 1.18. The highest BCUT2D eigenvalue weighted by atomic mass is 16.6. The second-order valence-electron chi connectivity index (χ2n) is 3.25. The number of hydrogen-bond donors (Lipinski definition) is 0. The van der Waals surface area contributed by atoms with E-state index < -0.39 is 17.9 Å². The van der Waals surface area contributed by atoms with Gasteiger partial charge in [-0.15, -0.1) is 0 Å². The minimum absolute atomic E-state index is 0.257. The summed E-state index contributed by atoms with van der Waals surface area (Å²) in [5.74, 6) is -1.93. The van der Waals surface area contributed by atoms with Gasteiger partial charge in [0.15, 0.2) is 5.92 Å². The number of esters is 2. The molecule has 0 amide bonds. The van der Waals surface area contributed by atoms with Gasteiger partial charge in [-0.1, -0.05) is 24.3 Å². The van der Waals surface area contributed by atoms with E-state index in [0.717, 1.165) is 0 Å². The van der Waals surface area contributed by atoms with Crippen LogP contribution in [-0.4, -0.2) is 25.2 Å². The van der Waals surface area contributed by atoms with E-state index >= 15 is 0 Å². The number of allylic oxidation sites excluding steroid dienone is 4. The van der Waals surface area contributed by atoms with E-state index in [9.17, 15) is 9.59 Å². The van der Waals surface area contributed by atoms with Crippen LogP contribution in [0.5, 0.6) is 0 Å². The molecular weight excluding hydrogens is 220 g/mol. The Balaban J connectivity index is 4.49. The fraction of sp³-hybridized carbons (Fsp3) is 0.538. The van der Waals surface area contributed by atoms with Gasteiger partial charge in [0.2, 0.25) is 0 Å². The summed E-state index contributed by atoms with van der Waals surface area (Å²) in [6.07, 6.45) is 7.51. The maximum Gasteiger partial charge on any atom is 0.320 e. The molecule has 0 aromatic carbocycles. The molecule has 0 heterocycles. The van der Waals surface area contributed by atoms with Crippen LogP contribution in [0, 0.1) is 5.92 Å². The van der Waals surface area contributed by atoms with Crippen LogP contribution in [0.15, 0.2) is 24.3 Å². The van der Waals surface area contributed by atoms with Crippen molar-refractivity contribution in [2.75, 3.05) is 13.2 Å². The van der Waals surface area contributed by atoms with Crippen LogP contribution in [0.1, 0.15) is 27.2 Å². The van der Waals surface area contributed by atoms with Crippen molar-refractivity contribution < 1.29 is 19.1 Å². The summed E-state index contributed by atoms with van der Waals surface area (Å²) in [4.78, 5) is 23.1. The van der Waals surface area contributed by atoms with Gasteiger partial charge in [0, 0.05) is 0 Å². The first-order valence-corrected chi connectivity index (χ1v) is 5.78. The first-order chi connectivity index (χ1) is 8.17. The molecule has 0 aliphatic rings. The normalized spacial score (nSPS) is 11.3. The van der Waals surface area contributed by atoms with Crippen molar-refractivity contribution in [3.8, 4) is 0 Å². The van der Waals surface area contributed by atoms with Crippen molar-refractivity contribution >= 4 is 11.9 Å². The molecule has 0 unspecified atom stereocenters. The van der Waals surface area contributed by atoms with Crippen LogP contribution in [-0.2, 0) is 19.1 Å².